The molecule has 3 nitrogen and oxygen atoms in total. The van der Waals surface area contributed by atoms with Gasteiger partial charge in [-0.15, -0.1) is 0 Å². The van der Waals surface area contributed by atoms with Gasteiger partial charge in [0.1, 0.15) is 6.33 Å². The molecule has 0 amide bonds. The maximum atomic E-state index is 4.44. The average molecular weight is 241 g/mol. The molecule has 2 rings (SSSR count). The minimum absolute atomic E-state index is 0.364. The molecule has 0 N–H and O–H groups in total. The van der Waals surface area contributed by atoms with E-state index in [0.29, 0.717) is 11.8 Å². The Morgan fingerprint density at radius 3 is 2.56 bits per heavy atom. The minimum Gasteiger partial charge on any atom is -0.261 e. The zero-order chi connectivity index (χ0) is 13.0. The zero-order valence-electron chi connectivity index (χ0n) is 11.2. The van der Waals surface area contributed by atoms with E-state index in [4.69, 9.17) is 0 Å². The molecule has 0 aliphatic carbocycles. The van der Waals surface area contributed by atoms with Crippen molar-refractivity contribution >= 4 is 0 Å². The largest absolute Gasteiger partial charge is 0.261 e. The summed E-state index contributed by atoms with van der Waals surface area (Å²) in [6.45, 7) is 6.58. The van der Waals surface area contributed by atoms with Gasteiger partial charge in [-0.05, 0) is 36.1 Å². The van der Waals surface area contributed by atoms with Crippen LogP contribution in [0.3, 0.4) is 0 Å². The van der Waals surface area contributed by atoms with Crippen molar-refractivity contribution in [2.24, 2.45) is 0 Å². The van der Waals surface area contributed by atoms with Gasteiger partial charge in [0.05, 0.1) is 0 Å². The summed E-state index contributed by atoms with van der Waals surface area (Å²) >= 11 is 0. The smallest absolute Gasteiger partial charge is 0.115 e. The van der Waals surface area contributed by atoms with E-state index in [0.717, 1.165) is 17.8 Å². The Morgan fingerprint density at radius 1 is 1.06 bits per heavy atom. The quantitative estimate of drug-likeness (QED) is 0.824. The molecule has 0 fully saturated rings. The molecule has 2 aromatic heterocycles. The van der Waals surface area contributed by atoms with Crippen molar-refractivity contribution in [2.75, 3.05) is 0 Å². The summed E-state index contributed by atoms with van der Waals surface area (Å²) in [5.41, 5.74) is 3.55. The van der Waals surface area contributed by atoms with Crippen molar-refractivity contribution < 1.29 is 0 Å². The maximum absolute atomic E-state index is 4.44. The van der Waals surface area contributed by atoms with E-state index < -0.39 is 0 Å². The lowest BCUT2D eigenvalue weighted by atomic mass is 9.98. The lowest BCUT2D eigenvalue weighted by molar-refractivity contribution is 0.708. The predicted molar refractivity (Wildman–Crippen MR) is 72.5 cm³/mol. The van der Waals surface area contributed by atoms with E-state index in [1.54, 1.807) is 12.5 Å². The van der Waals surface area contributed by atoms with Gasteiger partial charge >= 0.3 is 0 Å². The first-order chi connectivity index (χ1) is 8.66. The molecule has 18 heavy (non-hydrogen) atoms. The van der Waals surface area contributed by atoms with E-state index in [1.807, 2.05) is 12.3 Å². The molecule has 94 valence electrons. The first kappa shape index (κ1) is 12.7. The number of nitrogens with zero attached hydrogens (tertiary/aromatic N) is 3. The summed E-state index contributed by atoms with van der Waals surface area (Å²) in [6.07, 6.45) is 6.20. The molecular weight excluding hydrogens is 222 g/mol. The Labute approximate surface area is 108 Å². The van der Waals surface area contributed by atoms with Crippen molar-refractivity contribution in [1.29, 1.82) is 0 Å². The fraction of sp³-hybridized carbons (Fsp3) is 0.400. The Morgan fingerprint density at radius 2 is 1.89 bits per heavy atom. The fourth-order valence-electron chi connectivity index (χ4n) is 1.98. The molecule has 0 radical (unpaired) electrons. The van der Waals surface area contributed by atoms with Crippen LogP contribution in [0.25, 0.3) is 0 Å². The monoisotopic (exact) mass is 241 g/mol. The molecule has 2 aromatic rings. The van der Waals surface area contributed by atoms with Crippen molar-refractivity contribution in [3.8, 4) is 0 Å². The molecule has 1 atom stereocenters. The van der Waals surface area contributed by atoms with E-state index >= 15 is 0 Å². The first-order valence-electron chi connectivity index (χ1n) is 6.37. The van der Waals surface area contributed by atoms with Gasteiger partial charge in [0, 0.05) is 29.7 Å². The Kier molecular flexibility index (Phi) is 4.03. The summed E-state index contributed by atoms with van der Waals surface area (Å²) in [7, 11) is 0. The molecule has 3 heteroatoms. The molecule has 0 aromatic carbocycles. The molecule has 0 aliphatic rings. The molecular formula is C15H19N3. The number of rotatable bonds is 4. The van der Waals surface area contributed by atoms with Crippen molar-refractivity contribution in [3.05, 3.63) is 53.9 Å². The number of hydrogen-bond donors (Lipinski definition) is 0. The van der Waals surface area contributed by atoms with Gasteiger partial charge in [0.15, 0.2) is 0 Å². The molecule has 0 bridgehead atoms. The summed E-state index contributed by atoms with van der Waals surface area (Å²) in [4.78, 5) is 12.7. The van der Waals surface area contributed by atoms with Crippen LogP contribution in [0.15, 0.2) is 36.9 Å². The molecule has 0 saturated heterocycles. The third-order valence-electron chi connectivity index (χ3n) is 3.13. The average Bonchev–Trinajstić information content (AvgIpc) is 2.40. The second-order valence-corrected chi connectivity index (χ2v) is 4.97. The molecule has 1 unspecified atom stereocenters. The van der Waals surface area contributed by atoms with Crippen molar-refractivity contribution in [1.82, 2.24) is 15.0 Å². The highest BCUT2D eigenvalue weighted by Gasteiger charge is 2.09. The highest BCUT2D eigenvalue weighted by molar-refractivity contribution is 5.21. The molecule has 0 spiro atoms. The van der Waals surface area contributed by atoms with E-state index in [-0.39, 0.29) is 0 Å². The van der Waals surface area contributed by atoms with Gasteiger partial charge in [0.2, 0.25) is 0 Å². The third kappa shape index (κ3) is 3.13. The highest BCUT2D eigenvalue weighted by Crippen LogP contribution is 2.19. The highest BCUT2D eigenvalue weighted by atomic mass is 14.8. The number of pyridine rings is 1. The molecule has 2 heterocycles. The van der Waals surface area contributed by atoms with Crippen LogP contribution in [0.1, 0.15) is 49.6 Å². The zero-order valence-corrected chi connectivity index (χ0v) is 11.2. The Bertz CT molecular complexity index is 494. The SMILES string of the molecule is CC(C)c1ccnc(CC(C)c2ccncn2)c1. The summed E-state index contributed by atoms with van der Waals surface area (Å²) in [5.74, 6) is 0.906. The molecule has 0 saturated carbocycles. The Balaban J connectivity index is 2.12. The van der Waals surface area contributed by atoms with Gasteiger partial charge in [-0.2, -0.15) is 0 Å². The normalized spacial score (nSPS) is 12.7. The van der Waals surface area contributed by atoms with Crippen LogP contribution < -0.4 is 0 Å². The first-order valence-corrected chi connectivity index (χ1v) is 6.37. The van der Waals surface area contributed by atoms with E-state index in [9.17, 15) is 0 Å². The second-order valence-electron chi connectivity index (χ2n) is 4.97. The number of aromatic nitrogens is 3. The van der Waals surface area contributed by atoms with Gasteiger partial charge in [0.25, 0.3) is 0 Å². The van der Waals surface area contributed by atoms with E-state index in [2.05, 4.69) is 47.9 Å². The standard InChI is InChI=1S/C15H19N3/c1-11(2)13-4-7-17-14(9-13)8-12(3)15-5-6-16-10-18-15/h4-7,9-12H,8H2,1-3H3. The topological polar surface area (TPSA) is 38.7 Å². The van der Waals surface area contributed by atoms with Gasteiger partial charge < -0.3 is 0 Å². The lowest BCUT2D eigenvalue weighted by Crippen LogP contribution is -2.03. The maximum Gasteiger partial charge on any atom is 0.115 e. The summed E-state index contributed by atoms with van der Waals surface area (Å²) in [6, 6.07) is 6.25. The number of hydrogen-bond acceptors (Lipinski definition) is 3. The van der Waals surface area contributed by atoms with Crippen molar-refractivity contribution in [3.63, 3.8) is 0 Å². The fourth-order valence-corrected chi connectivity index (χ4v) is 1.98. The van der Waals surface area contributed by atoms with Crippen LogP contribution in [0.2, 0.25) is 0 Å². The van der Waals surface area contributed by atoms with Gasteiger partial charge in [-0.3, -0.25) is 4.98 Å². The summed E-state index contributed by atoms with van der Waals surface area (Å²) < 4.78 is 0. The predicted octanol–water partition coefficient (Wildman–Crippen LogP) is 3.34. The molecule has 0 aliphatic heterocycles. The van der Waals surface area contributed by atoms with Crippen LogP contribution in [-0.2, 0) is 6.42 Å². The van der Waals surface area contributed by atoms with Crippen molar-refractivity contribution in [2.45, 2.75) is 39.0 Å². The summed E-state index contributed by atoms with van der Waals surface area (Å²) in [5, 5.41) is 0. The lowest BCUT2D eigenvalue weighted by Gasteiger charge is -2.12. The van der Waals surface area contributed by atoms with E-state index in [1.165, 1.54) is 5.56 Å². The third-order valence-corrected chi connectivity index (χ3v) is 3.13. The van der Waals surface area contributed by atoms with Crippen LogP contribution in [0, 0.1) is 0 Å². The Hall–Kier alpha value is -1.77. The van der Waals surface area contributed by atoms with Crippen LogP contribution in [0.4, 0.5) is 0 Å². The second kappa shape index (κ2) is 5.71. The van der Waals surface area contributed by atoms with Gasteiger partial charge in [-0.1, -0.05) is 20.8 Å². The van der Waals surface area contributed by atoms with Crippen LogP contribution >= 0.6 is 0 Å². The van der Waals surface area contributed by atoms with Gasteiger partial charge in [-0.25, -0.2) is 9.97 Å². The minimum atomic E-state index is 0.364. The van der Waals surface area contributed by atoms with Crippen LogP contribution in [0.5, 0.6) is 0 Å². The van der Waals surface area contributed by atoms with Crippen LogP contribution in [-0.4, -0.2) is 15.0 Å².